The lowest BCUT2D eigenvalue weighted by molar-refractivity contribution is -0.134. The Morgan fingerprint density at radius 1 is 1.08 bits per heavy atom. The third-order valence-electron chi connectivity index (χ3n) is 5.52. The normalized spacial score (nSPS) is 19.9. The summed E-state index contributed by atoms with van der Waals surface area (Å²) in [6.45, 7) is 2.17. The molecule has 1 saturated heterocycles. The lowest BCUT2D eigenvalue weighted by atomic mass is 10.0. The van der Waals surface area contributed by atoms with Gasteiger partial charge in [-0.05, 0) is 48.9 Å². The number of carboxylic acids is 2. The van der Waals surface area contributed by atoms with E-state index >= 15 is 0 Å². The van der Waals surface area contributed by atoms with Crippen LogP contribution >= 0.6 is 0 Å². The maximum absolute atomic E-state index is 14.3. The zero-order chi connectivity index (χ0) is 27.1. The third kappa shape index (κ3) is 7.98. The van der Waals surface area contributed by atoms with Gasteiger partial charge in [0.2, 0.25) is 5.91 Å². The van der Waals surface area contributed by atoms with Crippen LogP contribution in [0, 0.1) is 5.82 Å². The molecular weight excluding hydrogens is 489 g/mol. The number of aromatic carboxylic acids is 1. The number of aliphatic carboxylic acids is 1. The highest BCUT2D eigenvalue weighted by Crippen LogP contribution is 2.27. The van der Waals surface area contributed by atoms with Crippen molar-refractivity contribution in [3.63, 3.8) is 0 Å². The summed E-state index contributed by atoms with van der Waals surface area (Å²) in [4.78, 5) is 47.3. The summed E-state index contributed by atoms with van der Waals surface area (Å²) in [5.41, 5.74) is 0.376. The number of carboxylic acid groups (broad SMARTS) is 2. The number of carbonyl (C=O) groups is 4. The second-order valence-electron chi connectivity index (χ2n) is 8.64. The first-order valence-electron chi connectivity index (χ1n) is 11.4. The van der Waals surface area contributed by atoms with Gasteiger partial charge in [-0.3, -0.25) is 14.4 Å². The zero-order valence-electron chi connectivity index (χ0n) is 20.3. The van der Waals surface area contributed by atoms with Gasteiger partial charge in [-0.1, -0.05) is 0 Å². The van der Waals surface area contributed by atoms with Crippen molar-refractivity contribution in [1.29, 1.82) is 0 Å². The molecule has 4 bridgehead atoms. The van der Waals surface area contributed by atoms with E-state index in [-0.39, 0.29) is 53.8 Å². The largest absolute Gasteiger partial charge is 0.481 e. The topological polar surface area (TPSA) is 154 Å². The first kappa shape index (κ1) is 27.6. The van der Waals surface area contributed by atoms with Crippen molar-refractivity contribution in [1.82, 2.24) is 15.5 Å². The second-order valence-corrected chi connectivity index (χ2v) is 8.64. The number of likely N-dealkylation sites (N-methyl/N-ethyl adjacent to an activating group) is 1. The Bertz CT molecular complexity index is 1180. The molecular formula is C25H28FN3O8. The van der Waals surface area contributed by atoms with Crippen molar-refractivity contribution in [2.75, 3.05) is 26.7 Å². The maximum Gasteiger partial charge on any atom is 0.335 e. The van der Waals surface area contributed by atoms with Crippen molar-refractivity contribution in [2.45, 2.75) is 32.1 Å². The van der Waals surface area contributed by atoms with Gasteiger partial charge in [0.05, 0.1) is 30.9 Å². The Morgan fingerprint density at radius 3 is 2.49 bits per heavy atom. The van der Waals surface area contributed by atoms with Crippen LogP contribution < -0.4 is 15.4 Å². The number of ether oxygens (including phenoxy) is 2. The summed E-state index contributed by atoms with van der Waals surface area (Å²) in [6.07, 6.45) is 0.364. The first-order valence-corrected chi connectivity index (χ1v) is 11.4. The molecule has 37 heavy (non-hydrogen) atoms. The van der Waals surface area contributed by atoms with Crippen molar-refractivity contribution in [2.24, 2.45) is 0 Å². The predicted molar refractivity (Wildman–Crippen MR) is 128 cm³/mol. The molecule has 0 radical (unpaired) electrons. The third-order valence-corrected chi connectivity index (χ3v) is 5.52. The molecule has 198 valence electrons. The molecule has 4 N–H and O–H groups in total. The molecule has 2 heterocycles. The molecule has 2 aromatic rings. The van der Waals surface area contributed by atoms with Gasteiger partial charge in [0.1, 0.15) is 17.3 Å². The number of fused-ring (bicyclic) bond motifs is 5. The molecule has 0 unspecified atom stereocenters. The molecule has 0 saturated carbocycles. The smallest absolute Gasteiger partial charge is 0.335 e. The summed E-state index contributed by atoms with van der Waals surface area (Å²) >= 11 is 0. The maximum atomic E-state index is 14.3. The number of hydrogen-bond acceptors (Lipinski definition) is 7. The molecule has 2 aromatic carbocycles. The van der Waals surface area contributed by atoms with Crippen LogP contribution in [-0.4, -0.2) is 77.7 Å². The number of amides is 2. The van der Waals surface area contributed by atoms with E-state index in [9.17, 15) is 23.9 Å². The Kier molecular flexibility index (Phi) is 9.15. The highest BCUT2D eigenvalue weighted by Gasteiger charge is 2.28. The minimum absolute atomic E-state index is 0.0319. The van der Waals surface area contributed by atoms with Crippen LogP contribution in [0.1, 0.15) is 39.6 Å². The van der Waals surface area contributed by atoms with E-state index in [0.717, 1.165) is 6.92 Å². The number of piperidine rings is 1. The molecule has 2 aliphatic heterocycles. The molecule has 4 rings (SSSR count). The summed E-state index contributed by atoms with van der Waals surface area (Å²) in [7, 11) is 1.45. The van der Waals surface area contributed by atoms with Crippen LogP contribution in [0.5, 0.6) is 11.5 Å². The van der Waals surface area contributed by atoms with E-state index in [0.29, 0.717) is 25.1 Å². The van der Waals surface area contributed by atoms with Gasteiger partial charge in [-0.15, -0.1) is 0 Å². The minimum atomic E-state index is -1.26. The zero-order valence-corrected chi connectivity index (χ0v) is 20.3. The Hall–Kier alpha value is -4.03. The standard InChI is InChI=1S/C23H24FN3O6.C2H4O2/c1-27-11-21(28)26-19-10-25-3-2-20(19)32-12-13-4-16(24)9-17(5-13)33-18-7-14(22(27)29)6-15(8-18)23(30)31;1-2(3)4/h4-9,19-20,25H,2-3,10-12H2,1H3,(H,26,28)(H,30,31);1H3,(H,3,4)/t19-,20+;/m1./s1. The van der Waals surface area contributed by atoms with Crippen LogP contribution in [0.25, 0.3) is 0 Å². The fraction of sp³-hybridized carbons (Fsp3) is 0.360. The molecule has 2 aliphatic rings. The molecule has 0 spiro atoms. The van der Waals surface area contributed by atoms with Gasteiger partial charge >= 0.3 is 5.97 Å². The van der Waals surface area contributed by atoms with Crippen molar-refractivity contribution in [3.05, 3.63) is 58.9 Å². The van der Waals surface area contributed by atoms with Gasteiger partial charge in [0, 0.05) is 32.1 Å². The summed E-state index contributed by atoms with van der Waals surface area (Å²) in [5.74, 6) is -3.37. The number of carbonyl (C=O) groups excluding carboxylic acids is 2. The van der Waals surface area contributed by atoms with Gasteiger partial charge in [-0.25, -0.2) is 9.18 Å². The number of halogens is 1. The molecule has 0 aliphatic carbocycles. The van der Waals surface area contributed by atoms with Gasteiger partial charge in [-0.2, -0.15) is 0 Å². The van der Waals surface area contributed by atoms with Crippen LogP contribution in [-0.2, 0) is 20.9 Å². The summed E-state index contributed by atoms with van der Waals surface area (Å²) < 4.78 is 26.0. The summed E-state index contributed by atoms with van der Waals surface area (Å²) in [6, 6.07) is 7.57. The van der Waals surface area contributed by atoms with Crippen molar-refractivity contribution >= 4 is 23.8 Å². The quantitative estimate of drug-likeness (QED) is 0.444. The molecule has 0 aromatic heterocycles. The van der Waals surface area contributed by atoms with E-state index < -0.39 is 23.7 Å². The lowest BCUT2D eigenvalue weighted by Gasteiger charge is -2.33. The minimum Gasteiger partial charge on any atom is -0.481 e. The number of benzene rings is 2. The van der Waals surface area contributed by atoms with Crippen molar-refractivity contribution < 1.29 is 43.3 Å². The van der Waals surface area contributed by atoms with Crippen molar-refractivity contribution in [3.8, 4) is 11.5 Å². The Balaban J connectivity index is 0.000000886. The van der Waals surface area contributed by atoms with Crippen LogP contribution in [0.2, 0.25) is 0 Å². The molecule has 11 nitrogen and oxygen atoms in total. The number of nitrogens with one attached hydrogen (secondary N) is 2. The van der Waals surface area contributed by atoms with Crippen LogP contribution in [0.3, 0.4) is 0 Å². The molecule has 2 atom stereocenters. The lowest BCUT2D eigenvalue weighted by Crippen LogP contribution is -2.56. The Morgan fingerprint density at radius 2 is 1.78 bits per heavy atom. The fourth-order valence-electron chi connectivity index (χ4n) is 3.95. The Labute approximate surface area is 212 Å². The summed E-state index contributed by atoms with van der Waals surface area (Å²) in [5, 5.41) is 23.0. The van der Waals surface area contributed by atoms with Crippen LogP contribution in [0.15, 0.2) is 36.4 Å². The highest BCUT2D eigenvalue weighted by molar-refractivity contribution is 5.99. The molecule has 1 fully saturated rings. The van der Waals surface area contributed by atoms with E-state index in [2.05, 4.69) is 10.6 Å². The number of nitrogens with zero attached hydrogens (tertiary/aromatic N) is 1. The average molecular weight is 518 g/mol. The van der Waals surface area contributed by atoms with E-state index in [1.807, 2.05) is 0 Å². The first-order chi connectivity index (χ1) is 17.5. The monoisotopic (exact) mass is 517 g/mol. The number of hydrogen-bond donors (Lipinski definition) is 4. The molecule has 12 heteroatoms. The number of rotatable bonds is 1. The van der Waals surface area contributed by atoms with E-state index in [1.165, 1.54) is 42.3 Å². The second kappa shape index (κ2) is 12.3. The van der Waals surface area contributed by atoms with Gasteiger partial charge in [0.25, 0.3) is 11.9 Å². The molecule has 2 amide bonds. The predicted octanol–water partition coefficient (Wildman–Crippen LogP) is 1.86. The van der Waals surface area contributed by atoms with Crippen LogP contribution in [0.4, 0.5) is 4.39 Å². The van der Waals surface area contributed by atoms with E-state index in [4.69, 9.17) is 19.4 Å². The SMILES string of the molecule is CC(=O)O.CN1CC(=O)N[C@@H]2CNCC[C@@H]2OCc2cc(F)cc(c2)Oc2cc(C(=O)O)cc(c2)C1=O. The average Bonchev–Trinajstić information content (AvgIpc) is 2.81. The highest BCUT2D eigenvalue weighted by atomic mass is 19.1. The van der Waals surface area contributed by atoms with Gasteiger partial charge < -0.3 is 35.2 Å². The van der Waals surface area contributed by atoms with E-state index in [1.54, 1.807) is 6.07 Å². The van der Waals surface area contributed by atoms with Gasteiger partial charge in [0.15, 0.2) is 0 Å². The fourth-order valence-corrected chi connectivity index (χ4v) is 3.95.